The first-order valence-electron chi connectivity index (χ1n) is 18.5. The van der Waals surface area contributed by atoms with Gasteiger partial charge < -0.3 is 14.2 Å². The number of rotatable bonds is 3. The molecule has 1 fully saturated rings. The maximum absolute atomic E-state index is 6.98. The highest BCUT2D eigenvalue weighted by molar-refractivity contribution is 7.01. The molecule has 5 heteroatoms. The smallest absolute Gasteiger partial charge is 0.257 e. The Morgan fingerprint density at radius 3 is 1.94 bits per heavy atom. The van der Waals surface area contributed by atoms with Crippen LogP contribution in [-0.2, 0) is 5.41 Å². The average molecular weight is 660 g/mol. The molecule has 0 saturated heterocycles. The third-order valence-electron chi connectivity index (χ3n) is 12.8. The van der Waals surface area contributed by atoms with E-state index in [4.69, 9.17) is 4.42 Å². The predicted octanol–water partition coefficient (Wildman–Crippen LogP) is 10.3. The lowest BCUT2D eigenvalue weighted by molar-refractivity contribution is 0.195. The lowest BCUT2D eigenvalue weighted by Crippen LogP contribution is -2.61. The van der Waals surface area contributed by atoms with Gasteiger partial charge in [-0.05, 0) is 90.9 Å². The highest BCUT2D eigenvalue weighted by Gasteiger charge is 2.58. The second-order valence-corrected chi connectivity index (χ2v) is 15.2. The number of furan rings is 1. The van der Waals surface area contributed by atoms with Crippen LogP contribution < -0.4 is 31.1 Å². The largest absolute Gasteiger partial charge is 0.440 e. The SMILES string of the molecule is CC12CCCCC1(C)N(c1cc3c4c(c1)N(c1ccccc1)c1oc5ccccc5c1B4c1ccccc1N3c1ccccc1)c1ccccc12. The Morgan fingerprint density at radius 2 is 1.16 bits per heavy atom. The number of nitrogens with zero attached hydrogens (tertiary/aromatic N) is 3. The van der Waals surface area contributed by atoms with Crippen molar-refractivity contribution in [2.45, 2.75) is 50.5 Å². The molecule has 1 saturated carbocycles. The van der Waals surface area contributed by atoms with Crippen LogP contribution in [0.1, 0.15) is 45.1 Å². The first-order chi connectivity index (χ1) is 25.1. The molecule has 7 aromatic rings. The molecular weight excluding hydrogens is 621 g/mol. The summed E-state index contributed by atoms with van der Waals surface area (Å²) in [7, 11) is 0. The third-order valence-corrected chi connectivity index (χ3v) is 12.8. The molecule has 0 amide bonds. The Bertz CT molecular complexity index is 2510. The van der Waals surface area contributed by atoms with Crippen molar-refractivity contribution in [1.29, 1.82) is 0 Å². The summed E-state index contributed by atoms with van der Waals surface area (Å²) in [6.07, 6.45) is 4.84. The first kappa shape index (κ1) is 29.1. The van der Waals surface area contributed by atoms with Crippen LogP contribution in [-0.4, -0.2) is 12.3 Å². The molecule has 2 atom stereocenters. The second-order valence-electron chi connectivity index (χ2n) is 15.2. The monoisotopic (exact) mass is 659 g/mol. The second kappa shape index (κ2) is 10.4. The van der Waals surface area contributed by atoms with Crippen LogP contribution in [0.3, 0.4) is 0 Å². The van der Waals surface area contributed by atoms with Crippen LogP contribution in [0.2, 0.25) is 0 Å². The van der Waals surface area contributed by atoms with Gasteiger partial charge in [-0.1, -0.05) is 111 Å². The van der Waals surface area contributed by atoms with E-state index in [-0.39, 0.29) is 17.7 Å². The fraction of sp³-hybridized carbons (Fsp3) is 0.174. The van der Waals surface area contributed by atoms with Crippen molar-refractivity contribution in [3.63, 3.8) is 0 Å². The molecule has 2 unspecified atom stereocenters. The molecular formula is C46H38BN3O. The molecule has 6 aromatic carbocycles. The summed E-state index contributed by atoms with van der Waals surface area (Å²) in [5, 5.41) is 1.17. The van der Waals surface area contributed by atoms with Crippen LogP contribution in [0.5, 0.6) is 0 Å². The highest BCUT2D eigenvalue weighted by atomic mass is 16.4. The molecule has 51 heavy (non-hydrogen) atoms. The van der Waals surface area contributed by atoms with E-state index in [0.29, 0.717) is 0 Å². The third kappa shape index (κ3) is 3.76. The van der Waals surface area contributed by atoms with Crippen LogP contribution in [0.15, 0.2) is 150 Å². The maximum atomic E-state index is 6.98. The molecule has 11 rings (SSSR count). The summed E-state index contributed by atoms with van der Waals surface area (Å²) in [5.74, 6) is 0.904. The van der Waals surface area contributed by atoms with Crippen molar-refractivity contribution in [3.05, 3.63) is 151 Å². The molecule has 0 N–H and O–H groups in total. The van der Waals surface area contributed by atoms with E-state index in [2.05, 4.69) is 174 Å². The summed E-state index contributed by atoms with van der Waals surface area (Å²) in [6, 6.07) is 53.5. The van der Waals surface area contributed by atoms with E-state index >= 15 is 0 Å². The number of fused-ring (bicyclic) bond motifs is 9. The zero-order chi connectivity index (χ0) is 33.9. The summed E-state index contributed by atoms with van der Waals surface area (Å²) >= 11 is 0. The molecule has 0 radical (unpaired) electrons. The molecule has 3 aliphatic heterocycles. The minimum atomic E-state index is -0.0732. The quantitative estimate of drug-likeness (QED) is 0.176. The normalized spacial score (nSPS) is 21.2. The van der Waals surface area contributed by atoms with Gasteiger partial charge in [-0.25, -0.2) is 0 Å². The van der Waals surface area contributed by atoms with Gasteiger partial charge in [0.15, 0.2) is 0 Å². The minimum Gasteiger partial charge on any atom is -0.440 e. The van der Waals surface area contributed by atoms with Gasteiger partial charge in [-0.2, -0.15) is 0 Å². The summed E-state index contributed by atoms with van der Waals surface area (Å²) < 4.78 is 6.98. The van der Waals surface area contributed by atoms with E-state index in [1.165, 1.54) is 75.0 Å². The lowest BCUT2D eigenvalue weighted by Gasteiger charge is -2.51. The van der Waals surface area contributed by atoms with Gasteiger partial charge in [-0.3, -0.25) is 4.90 Å². The van der Waals surface area contributed by atoms with Crippen LogP contribution in [0, 0.1) is 0 Å². The van der Waals surface area contributed by atoms with Crippen molar-refractivity contribution in [1.82, 2.24) is 0 Å². The van der Waals surface area contributed by atoms with E-state index in [9.17, 15) is 0 Å². The first-order valence-corrected chi connectivity index (χ1v) is 18.5. The zero-order valence-corrected chi connectivity index (χ0v) is 29.0. The van der Waals surface area contributed by atoms with Crippen molar-refractivity contribution < 1.29 is 4.42 Å². The number of hydrogen-bond donors (Lipinski definition) is 0. The van der Waals surface area contributed by atoms with Gasteiger partial charge in [0.05, 0.1) is 5.54 Å². The van der Waals surface area contributed by atoms with E-state index in [1.807, 2.05) is 0 Å². The van der Waals surface area contributed by atoms with Crippen molar-refractivity contribution in [2.24, 2.45) is 0 Å². The van der Waals surface area contributed by atoms with E-state index in [0.717, 1.165) is 29.3 Å². The Kier molecular flexibility index (Phi) is 5.95. The van der Waals surface area contributed by atoms with Gasteiger partial charge in [-0.15, -0.1) is 0 Å². The summed E-state index contributed by atoms with van der Waals surface area (Å²) in [4.78, 5) is 7.62. The molecule has 4 aliphatic rings. The Labute approximate surface area is 299 Å². The van der Waals surface area contributed by atoms with Gasteiger partial charge >= 0.3 is 0 Å². The predicted molar refractivity (Wildman–Crippen MR) is 213 cm³/mol. The van der Waals surface area contributed by atoms with Crippen molar-refractivity contribution in [3.8, 4) is 0 Å². The van der Waals surface area contributed by atoms with Gasteiger partial charge in [0.1, 0.15) is 5.58 Å². The standard InChI is InChI=1S/C46H38BN3O/c1-45-27-15-16-28-46(45,2)50(37-24-12-10-22-35(37)45)33-29-39-43-40(30-33)49(32-19-7-4-8-20-32)44-42(34-21-9-14-26-41(34)51-44)47(43)36-23-11-13-25-38(36)48(39)31-17-5-3-6-18-31/h3-14,17-26,29-30H,15-16,27-28H2,1-2H3. The average Bonchev–Trinajstić information content (AvgIpc) is 3.65. The summed E-state index contributed by atoms with van der Waals surface area (Å²) in [5.41, 5.74) is 14.6. The number of para-hydroxylation sites is 5. The molecule has 246 valence electrons. The zero-order valence-electron chi connectivity index (χ0n) is 29.0. The van der Waals surface area contributed by atoms with Gasteiger partial charge in [0.2, 0.25) is 5.88 Å². The fourth-order valence-corrected chi connectivity index (χ4v) is 10.3. The minimum absolute atomic E-state index is 0.000205. The van der Waals surface area contributed by atoms with Gasteiger partial charge in [0, 0.05) is 56.1 Å². The summed E-state index contributed by atoms with van der Waals surface area (Å²) in [6.45, 7) is 5.05. The molecule has 1 aliphatic carbocycles. The molecule has 4 heterocycles. The fourth-order valence-electron chi connectivity index (χ4n) is 10.3. The number of anilines is 8. The molecule has 1 aromatic heterocycles. The van der Waals surface area contributed by atoms with Crippen LogP contribution in [0.25, 0.3) is 11.0 Å². The number of hydrogen-bond acceptors (Lipinski definition) is 4. The molecule has 4 nitrogen and oxygen atoms in total. The highest BCUT2D eigenvalue weighted by Crippen LogP contribution is 2.61. The lowest BCUT2D eigenvalue weighted by atomic mass is 9.33. The van der Waals surface area contributed by atoms with Gasteiger partial charge in [0.25, 0.3) is 6.71 Å². The van der Waals surface area contributed by atoms with E-state index in [1.54, 1.807) is 0 Å². The molecule has 0 bridgehead atoms. The van der Waals surface area contributed by atoms with Crippen LogP contribution in [0.4, 0.5) is 45.7 Å². The number of benzene rings is 6. The topological polar surface area (TPSA) is 22.9 Å². The van der Waals surface area contributed by atoms with Crippen molar-refractivity contribution in [2.75, 3.05) is 14.7 Å². The molecule has 0 spiro atoms. The maximum Gasteiger partial charge on any atom is 0.257 e. The Hall–Kier alpha value is -5.68. The van der Waals surface area contributed by atoms with E-state index < -0.39 is 0 Å². The van der Waals surface area contributed by atoms with Crippen molar-refractivity contribution >= 4 is 79.8 Å². The van der Waals surface area contributed by atoms with Crippen LogP contribution >= 0.6 is 0 Å². The Balaban J connectivity index is 1.28. The Morgan fingerprint density at radius 1 is 0.549 bits per heavy atom.